The van der Waals surface area contributed by atoms with Crippen molar-refractivity contribution in [1.82, 2.24) is 4.57 Å². The Morgan fingerprint density at radius 3 is 2.36 bits per heavy atom. The van der Waals surface area contributed by atoms with Crippen LogP contribution in [0.4, 0.5) is 0 Å². The summed E-state index contributed by atoms with van der Waals surface area (Å²) in [5.41, 5.74) is 4.14. The van der Waals surface area contributed by atoms with Gasteiger partial charge >= 0.3 is 5.97 Å². The molecule has 0 radical (unpaired) electrons. The number of nitrogens with zero attached hydrogens (tertiary/aromatic N) is 1. The first kappa shape index (κ1) is 14.1. The number of para-hydroxylation sites is 1. The zero-order valence-electron chi connectivity index (χ0n) is 12.4. The molecule has 1 aromatic heterocycles. The van der Waals surface area contributed by atoms with E-state index in [1.54, 1.807) is 6.07 Å². The number of aromatic nitrogens is 1. The van der Waals surface area contributed by atoms with E-state index in [1.165, 1.54) is 5.56 Å². The molecule has 22 heavy (non-hydrogen) atoms. The Balaban J connectivity index is 2.28. The summed E-state index contributed by atoms with van der Waals surface area (Å²) in [7, 11) is 0. The van der Waals surface area contributed by atoms with Gasteiger partial charge in [-0.1, -0.05) is 55.5 Å². The molecule has 3 rings (SSSR count). The second-order valence-corrected chi connectivity index (χ2v) is 5.10. The normalized spacial score (nSPS) is 10.6. The second-order valence-electron chi connectivity index (χ2n) is 5.10. The summed E-state index contributed by atoms with van der Waals surface area (Å²) in [6, 6.07) is 19.4. The molecular weight excluding hydrogens is 274 g/mol. The molecule has 110 valence electrons. The number of rotatable bonds is 4. The highest BCUT2D eigenvalue weighted by Crippen LogP contribution is 2.29. The lowest BCUT2D eigenvalue weighted by Gasteiger charge is -2.14. The Hall–Kier alpha value is -2.81. The maximum absolute atomic E-state index is 11.6. The number of carboxylic acid groups (broad SMARTS) is 1. The van der Waals surface area contributed by atoms with Gasteiger partial charge in [-0.05, 0) is 29.7 Å². The van der Waals surface area contributed by atoms with Crippen molar-refractivity contribution in [1.29, 1.82) is 0 Å². The van der Waals surface area contributed by atoms with Crippen molar-refractivity contribution in [3.63, 3.8) is 0 Å². The number of hydrogen-bond acceptors (Lipinski definition) is 1. The summed E-state index contributed by atoms with van der Waals surface area (Å²) in [5.74, 6) is -0.911. The molecule has 0 aliphatic rings. The van der Waals surface area contributed by atoms with Gasteiger partial charge in [0, 0.05) is 11.9 Å². The van der Waals surface area contributed by atoms with Gasteiger partial charge < -0.3 is 9.67 Å². The zero-order chi connectivity index (χ0) is 15.5. The Morgan fingerprint density at radius 1 is 1.00 bits per heavy atom. The molecular formula is C19H17NO2. The molecule has 0 saturated heterocycles. The fraction of sp³-hybridized carbons (Fsp3) is 0.105. The van der Waals surface area contributed by atoms with Crippen LogP contribution in [0.1, 0.15) is 22.8 Å². The van der Waals surface area contributed by atoms with Crippen molar-refractivity contribution < 1.29 is 9.90 Å². The second kappa shape index (κ2) is 5.90. The highest BCUT2D eigenvalue weighted by atomic mass is 16.4. The van der Waals surface area contributed by atoms with E-state index < -0.39 is 5.97 Å². The van der Waals surface area contributed by atoms with Crippen molar-refractivity contribution in [3.8, 4) is 16.9 Å². The summed E-state index contributed by atoms with van der Waals surface area (Å²) in [4.78, 5) is 11.6. The third-order valence-corrected chi connectivity index (χ3v) is 3.80. The van der Waals surface area contributed by atoms with E-state index in [9.17, 15) is 9.90 Å². The van der Waals surface area contributed by atoms with Gasteiger partial charge in [-0.2, -0.15) is 0 Å². The summed E-state index contributed by atoms with van der Waals surface area (Å²) in [6.07, 6.45) is 2.73. The SMILES string of the molecule is CCc1ccccc1-n1ccc(C(=O)O)c1-c1ccccc1. The minimum Gasteiger partial charge on any atom is -0.478 e. The van der Waals surface area contributed by atoms with Crippen molar-refractivity contribution in [2.75, 3.05) is 0 Å². The van der Waals surface area contributed by atoms with E-state index in [1.807, 2.05) is 59.3 Å². The quantitative estimate of drug-likeness (QED) is 0.774. The third kappa shape index (κ3) is 2.42. The summed E-state index contributed by atoms with van der Waals surface area (Å²) >= 11 is 0. The first-order valence-electron chi connectivity index (χ1n) is 7.30. The predicted octanol–water partition coefficient (Wildman–Crippen LogP) is 4.40. The van der Waals surface area contributed by atoms with E-state index in [4.69, 9.17) is 0 Å². The molecule has 0 atom stereocenters. The van der Waals surface area contributed by atoms with Gasteiger partial charge in [-0.3, -0.25) is 0 Å². The first-order chi connectivity index (χ1) is 10.7. The maximum atomic E-state index is 11.6. The summed E-state index contributed by atoms with van der Waals surface area (Å²) < 4.78 is 1.97. The van der Waals surface area contributed by atoms with Crippen molar-refractivity contribution >= 4 is 5.97 Å². The van der Waals surface area contributed by atoms with Crippen LogP contribution in [0, 0.1) is 0 Å². The highest BCUT2D eigenvalue weighted by molar-refractivity contribution is 5.95. The Kier molecular flexibility index (Phi) is 3.79. The molecule has 3 nitrogen and oxygen atoms in total. The van der Waals surface area contributed by atoms with Gasteiger partial charge in [0.25, 0.3) is 0 Å². The standard InChI is InChI=1S/C19H17NO2/c1-2-14-8-6-7-11-17(14)20-13-12-16(19(21)22)18(20)15-9-4-3-5-10-15/h3-13H,2H2,1H3,(H,21,22). The van der Waals surface area contributed by atoms with Gasteiger partial charge in [-0.15, -0.1) is 0 Å². The monoisotopic (exact) mass is 291 g/mol. The van der Waals surface area contributed by atoms with Crippen molar-refractivity contribution in [2.45, 2.75) is 13.3 Å². The van der Waals surface area contributed by atoms with Gasteiger partial charge in [0.2, 0.25) is 0 Å². The average molecular weight is 291 g/mol. The smallest absolute Gasteiger partial charge is 0.337 e. The first-order valence-corrected chi connectivity index (χ1v) is 7.30. The van der Waals surface area contributed by atoms with Crippen LogP contribution in [0.15, 0.2) is 66.9 Å². The largest absolute Gasteiger partial charge is 0.478 e. The van der Waals surface area contributed by atoms with Crippen LogP contribution >= 0.6 is 0 Å². The molecule has 2 aromatic carbocycles. The third-order valence-electron chi connectivity index (χ3n) is 3.80. The van der Waals surface area contributed by atoms with Crippen LogP contribution in [-0.4, -0.2) is 15.6 Å². The lowest BCUT2D eigenvalue weighted by atomic mass is 10.1. The van der Waals surface area contributed by atoms with E-state index in [0.717, 1.165) is 17.7 Å². The number of carbonyl (C=O) groups is 1. The Morgan fingerprint density at radius 2 is 1.68 bits per heavy atom. The molecule has 3 heteroatoms. The topological polar surface area (TPSA) is 42.2 Å². The van der Waals surface area contributed by atoms with Crippen molar-refractivity contribution in [2.24, 2.45) is 0 Å². The molecule has 0 saturated carbocycles. The number of aromatic carboxylic acids is 1. The minimum atomic E-state index is -0.911. The lowest BCUT2D eigenvalue weighted by Crippen LogP contribution is -2.03. The number of hydrogen-bond donors (Lipinski definition) is 1. The van der Waals surface area contributed by atoms with Gasteiger partial charge in [0.15, 0.2) is 0 Å². The lowest BCUT2D eigenvalue weighted by molar-refractivity contribution is 0.0698. The molecule has 0 spiro atoms. The van der Waals surface area contributed by atoms with Gasteiger partial charge in [0.05, 0.1) is 11.3 Å². The van der Waals surface area contributed by atoms with Gasteiger partial charge in [-0.25, -0.2) is 4.79 Å². The maximum Gasteiger partial charge on any atom is 0.337 e. The fourth-order valence-corrected chi connectivity index (χ4v) is 2.74. The number of carboxylic acids is 1. The minimum absolute atomic E-state index is 0.317. The van der Waals surface area contributed by atoms with Crippen LogP contribution in [-0.2, 0) is 6.42 Å². The highest BCUT2D eigenvalue weighted by Gasteiger charge is 2.18. The van der Waals surface area contributed by atoms with E-state index in [-0.39, 0.29) is 0 Å². The van der Waals surface area contributed by atoms with Crippen LogP contribution in [0.3, 0.4) is 0 Å². The fourth-order valence-electron chi connectivity index (χ4n) is 2.74. The molecule has 1 N–H and O–H groups in total. The molecule has 1 heterocycles. The number of aryl methyl sites for hydroxylation is 1. The Bertz CT molecular complexity index is 803. The van der Waals surface area contributed by atoms with E-state index in [2.05, 4.69) is 13.0 Å². The summed E-state index contributed by atoms with van der Waals surface area (Å²) in [6.45, 7) is 2.10. The molecule has 0 aliphatic carbocycles. The summed E-state index contributed by atoms with van der Waals surface area (Å²) in [5, 5.41) is 9.50. The molecule has 0 amide bonds. The molecule has 0 fully saturated rings. The van der Waals surface area contributed by atoms with Gasteiger partial charge in [0.1, 0.15) is 0 Å². The Labute approximate surface area is 129 Å². The average Bonchev–Trinajstić information content (AvgIpc) is 3.00. The van der Waals surface area contributed by atoms with E-state index in [0.29, 0.717) is 11.3 Å². The molecule has 0 unspecified atom stereocenters. The number of benzene rings is 2. The zero-order valence-corrected chi connectivity index (χ0v) is 12.4. The van der Waals surface area contributed by atoms with Crippen LogP contribution in [0.5, 0.6) is 0 Å². The van der Waals surface area contributed by atoms with E-state index >= 15 is 0 Å². The van der Waals surface area contributed by atoms with Crippen LogP contribution < -0.4 is 0 Å². The van der Waals surface area contributed by atoms with Crippen LogP contribution in [0.2, 0.25) is 0 Å². The van der Waals surface area contributed by atoms with Crippen molar-refractivity contribution in [3.05, 3.63) is 78.0 Å². The molecule has 0 aliphatic heterocycles. The molecule has 3 aromatic rings. The molecule has 0 bridgehead atoms. The van der Waals surface area contributed by atoms with Crippen LogP contribution in [0.25, 0.3) is 16.9 Å². The predicted molar refractivity (Wildman–Crippen MR) is 87.5 cm³/mol.